The number of carbonyl (C=O) groups is 2. The molecule has 1 atom stereocenters. The minimum Gasteiger partial charge on any atom is -0.352 e. The Morgan fingerprint density at radius 2 is 2.19 bits per heavy atom. The number of amides is 2. The molecule has 2 heterocycles. The third-order valence-corrected chi connectivity index (χ3v) is 3.78. The maximum Gasteiger partial charge on any atom is 0.241 e. The molecule has 0 aromatic carbocycles. The van der Waals surface area contributed by atoms with Gasteiger partial charge in [0.25, 0.3) is 0 Å². The molecule has 1 aromatic rings. The van der Waals surface area contributed by atoms with Crippen LogP contribution in [0.15, 0.2) is 12.4 Å². The smallest absolute Gasteiger partial charge is 0.241 e. The van der Waals surface area contributed by atoms with E-state index in [-0.39, 0.29) is 24.4 Å². The number of aromatic nitrogens is 2. The Morgan fingerprint density at radius 1 is 1.33 bits per heavy atom. The molecular formula is C14H21N5O2. The van der Waals surface area contributed by atoms with Gasteiger partial charge >= 0.3 is 0 Å². The van der Waals surface area contributed by atoms with Gasteiger partial charge in [0.2, 0.25) is 11.8 Å². The highest BCUT2D eigenvalue weighted by Crippen LogP contribution is 2.18. The van der Waals surface area contributed by atoms with E-state index in [1.165, 1.54) is 0 Å². The monoisotopic (exact) mass is 291 g/mol. The number of anilines is 1. The Kier molecular flexibility index (Phi) is 4.19. The van der Waals surface area contributed by atoms with Gasteiger partial charge in [-0.25, -0.2) is 0 Å². The van der Waals surface area contributed by atoms with Crippen LogP contribution in [0.2, 0.25) is 0 Å². The summed E-state index contributed by atoms with van der Waals surface area (Å²) >= 11 is 0. The van der Waals surface area contributed by atoms with Crippen molar-refractivity contribution >= 4 is 17.5 Å². The van der Waals surface area contributed by atoms with Gasteiger partial charge in [0.05, 0.1) is 17.9 Å². The summed E-state index contributed by atoms with van der Waals surface area (Å²) in [7, 11) is 0. The standard InChI is InChI=1S/C14H21N5O2/c20-13(17-10-4-5-10)9-19-8-11(7-16-19)18-14(21)12-3-1-2-6-15-12/h7-8,10,12,15H,1-6,9H2,(H,17,20)(H,18,21). The van der Waals surface area contributed by atoms with Crippen molar-refractivity contribution in [2.24, 2.45) is 0 Å². The number of piperidine rings is 1. The zero-order valence-electron chi connectivity index (χ0n) is 12.0. The molecule has 1 aliphatic heterocycles. The first-order valence-corrected chi connectivity index (χ1v) is 7.57. The van der Waals surface area contributed by atoms with Crippen LogP contribution < -0.4 is 16.0 Å². The van der Waals surface area contributed by atoms with E-state index in [1.54, 1.807) is 17.1 Å². The van der Waals surface area contributed by atoms with E-state index >= 15 is 0 Å². The van der Waals surface area contributed by atoms with Crippen molar-refractivity contribution in [2.45, 2.75) is 50.7 Å². The van der Waals surface area contributed by atoms with Crippen molar-refractivity contribution in [3.8, 4) is 0 Å². The fourth-order valence-electron chi connectivity index (χ4n) is 2.47. The minimum absolute atomic E-state index is 0.0309. The van der Waals surface area contributed by atoms with Crippen LogP contribution >= 0.6 is 0 Å². The van der Waals surface area contributed by atoms with Crippen molar-refractivity contribution in [2.75, 3.05) is 11.9 Å². The summed E-state index contributed by atoms with van der Waals surface area (Å²) in [6, 6.07) is 0.227. The summed E-state index contributed by atoms with van der Waals surface area (Å²) in [6.07, 6.45) is 8.46. The molecule has 2 fully saturated rings. The average molecular weight is 291 g/mol. The Bertz CT molecular complexity index is 517. The largest absolute Gasteiger partial charge is 0.352 e. The summed E-state index contributed by atoms with van der Waals surface area (Å²) < 4.78 is 1.54. The van der Waals surface area contributed by atoms with Crippen molar-refractivity contribution in [1.82, 2.24) is 20.4 Å². The number of nitrogens with zero attached hydrogens (tertiary/aromatic N) is 2. The summed E-state index contributed by atoms with van der Waals surface area (Å²) in [5, 5.41) is 13.1. The number of rotatable bonds is 5. The molecule has 0 bridgehead atoms. The van der Waals surface area contributed by atoms with Gasteiger partial charge in [-0.15, -0.1) is 0 Å². The van der Waals surface area contributed by atoms with Crippen LogP contribution in [0.4, 0.5) is 5.69 Å². The SMILES string of the molecule is O=C(Cn1cc(NC(=O)C2CCCCN2)cn1)NC1CC1. The second kappa shape index (κ2) is 6.26. The topological polar surface area (TPSA) is 88.1 Å². The van der Waals surface area contributed by atoms with Gasteiger partial charge < -0.3 is 16.0 Å². The lowest BCUT2D eigenvalue weighted by Crippen LogP contribution is -2.43. The molecule has 114 valence electrons. The molecule has 0 radical (unpaired) electrons. The first kappa shape index (κ1) is 14.1. The molecule has 2 amide bonds. The van der Waals surface area contributed by atoms with E-state index in [0.717, 1.165) is 38.6 Å². The molecule has 1 aromatic heterocycles. The summed E-state index contributed by atoms with van der Waals surface area (Å²) in [6.45, 7) is 1.08. The Morgan fingerprint density at radius 3 is 2.90 bits per heavy atom. The third-order valence-electron chi connectivity index (χ3n) is 3.78. The van der Waals surface area contributed by atoms with Crippen LogP contribution in [0.5, 0.6) is 0 Å². The number of nitrogens with one attached hydrogen (secondary N) is 3. The second-order valence-corrected chi connectivity index (χ2v) is 5.76. The van der Waals surface area contributed by atoms with E-state index < -0.39 is 0 Å². The molecule has 3 rings (SSSR count). The lowest BCUT2D eigenvalue weighted by atomic mass is 10.0. The maximum atomic E-state index is 12.1. The summed E-state index contributed by atoms with van der Waals surface area (Å²) in [5.41, 5.74) is 0.631. The van der Waals surface area contributed by atoms with Gasteiger partial charge in [0.15, 0.2) is 0 Å². The number of carbonyl (C=O) groups excluding carboxylic acids is 2. The van der Waals surface area contributed by atoms with E-state index in [2.05, 4.69) is 21.0 Å². The van der Waals surface area contributed by atoms with E-state index in [4.69, 9.17) is 0 Å². The van der Waals surface area contributed by atoms with Gasteiger partial charge in [-0.3, -0.25) is 14.3 Å². The molecule has 1 saturated heterocycles. The fraction of sp³-hybridized carbons (Fsp3) is 0.643. The molecule has 0 spiro atoms. The van der Waals surface area contributed by atoms with Gasteiger partial charge in [-0.1, -0.05) is 6.42 Å². The minimum atomic E-state index is -0.125. The van der Waals surface area contributed by atoms with Crippen LogP contribution in [0, 0.1) is 0 Å². The van der Waals surface area contributed by atoms with Crippen LogP contribution in [0.25, 0.3) is 0 Å². The van der Waals surface area contributed by atoms with Crippen LogP contribution in [-0.2, 0) is 16.1 Å². The first-order valence-electron chi connectivity index (χ1n) is 7.57. The van der Waals surface area contributed by atoms with Crippen molar-refractivity contribution in [3.05, 3.63) is 12.4 Å². The predicted octanol–water partition coefficient (Wildman–Crippen LogP) is 0.242. The maximum absolute atomic E-state index is 12.1. The predicted molar refractivity (Wildman–Crippen MR) is 77.7 cm³/mol. The van der Waals surface area contributed by atoms with E-state index in [9.17, 15) is 9.59 Å². The Labute approximate surface area is 123 Å². The average Bonchev–Trinajstić information content (AvgIpc) is 3.19. The molecule has 7 heteroatoms. The van der Waals surface area contributed by atoms with Gasteiger partial charge in [0, 0.05) is 12.2 Å². The number of hydrogen-bond acceptors (Lipinski definition) is 4. The highest BCUT2D eigenvalue weighted by atomic mass is 16.2. The molecule has 7 nitrogen and oxygen atoms in total. The fourth-order valence-corrected chi connectivity index (χ4v) is 2.47. The van der Waals surface area contributed by atoms with Crippen molar-refractivity contribution in [1.29, 1.82) is 0 Å². The molecule has 1 saturated carbocycles. The van der Waals surface area contributed by atoms with Crippen LogP contribution in [0.3, 0.4) is 0 Å². The Balaban J connectivity index is 1.49. The zero-order valence-corrected chi connectivity index (χ0v) is 12.0. The molecule has 2 aliphatic rings. The van der Waals surface area contributed by atoms with Crippen molar-refractivity contribution in [3.63, 3.8) is 0 Å². The third kappa shape index (κ3) is 4.04. The van der Waals surface area contributed by atoms with Crippen LogP contribution in [-0.4, -0.2) is 40.2 Å². The van der Waals surface area contributed by atoms with Crippen LogP contribution in [0.1, 0.15) is 32.1 Å². The first-order chi connectivity index (χ1) is 10.2. The molecule has 1 aliphatic carbocycles. The lowest BCUT2D eigenvalue weighted by molar-refractivity contribution is -0.122. The second-order valence-electron chi connectivity index (χ2n) is 5.76. The quantitative estimate of drug-likeness (QED) is 0.725. The number of hydrogen-bond donors (Lipinski definition) is 3. The molecule has 1 unspecified atom stereocenters. The van der Waals surface area contributed by atoms with E-state index in [0.29, 0.717) is 11.7 Å². The summed E-state index contributed by atoms with van der Waals surface area (Å²) in [4.78, 5) is 23.7. The van der Waals surface area contributed by atoms with Gasteiger partial charge in [-0.05, 0) is 32.2 Å². The zero-order chi connectivity index (χ0) is 14.7. The molecular weight excluding hydrogens is 270 g/mol. The highest BCUT2D eigenvalue weighted by molar-refractivity contribution is 5.94. The molecule has 21 heavy (non-hydrogen) atoms. The normalized spacial score (nSPS) is 21.8. The van der Waals surface area contributed by atoms with E-state index in [1.807, 2.05) is 0 Å². The highest BCUT2D eigenvalue weighted by Gasteiger charge is 2.23. The van der Waals surface area contributed by atoms with Gasteiger partial charge in [-0.2, -0.15) is 5.10 Å². The summed E-state index contributed by atoms with van der Waals surface area (Å²) in [5.74, 6) is -0.0656. The molecule has 3 N–H and O–H groups in total. The lowest BCUT2D eigenvalue weighted by Gasteiger charge is -2.22. The van der Waals surface area contributed by atoms with Gasteiger partial charge in [0.1, 0.15) is 6.54 Å². The van der Waals surface area contributed by atoms with Crippen molar-refractivity contribution < 1.29 is 9.59 Å². The Hall–Kier alpha value is -1.89.